The normalized spacial score (nSPS) is 17.0. The number of aromatic nitrogens is 1. The Morgan fingerprint density at radius 1 is 1.25 bits per heavy atom. The van der Waals surface area contributed by atoms with E-state index in [1.54, 1.807) is 12.1 Å². The highest BCUT2D eigenvalue weighted by molar-refractivity contribution is 7.89. The second kappa shape index (κ2) is 6.58. The Kier molecular flexibility index (Phi) is 4.66. The lowest BCUT2D eigenvalue weighted by Crippen LogP contribution is -2.40. The Balaban J connectivity index is 1.79. The molecule has 128 valence electrons. The molecule has 9 heteroatoms. The standard InChI is InChI=1S/C15H15FN2O4S2/c16-12-3-1-10(2-4-12)14-17-13(9-23-14)24(21,22)18-7-5-11(6-8-18)15(19)20/h1-4,9,11H,5-8H2,(H,19,20). The Morgan fingerprint density at radius 2 is 1.88 bits per heavy atom. The highest BCUT2D eigenvalue weighted by Gasteiger charge is 2.33. The number of piperidine rings is 1. The van der Waals surface area contributed by atoms with Crippen molar-refractivity contribution in [3.05, 3.63) is 35.5 Å². The largest absolute Gasteiger partial charge is 0.481 e. The van der Waals surface area contributed by atoms with Crippen LogP contribution in [-0.4, -0.2) is 41.9 Å². The minimum absolute atomic E-state index is 0.0550. The van der Waals surface area contributed by atoms with E-state index in [1.807, 2.05) is 0 Å². The minimum atomic E-state index is -3.74. The van der Waals surface area contributed by atoms with Gasteiger partial charge in [0.15, 0.2) is 5.03 Å². The molecule has 0 amide bonds. The molecule has 1 fully saturated rings. The molecule has 0 spiro atoms. The Morgan fingerprint density at radius 3 is 2.46 bits per heavy atom. The molecular weight excluding hydrogens is 355 g/mol. The predicted octanol–water partition coefficient (Wildman–Crippen LogP) is 2.43. The molecule has 0 atom stereocenters. The number of aliphatic carboxylic acids is 1. The summed E-state index contributed by atoms with van der Waals surface area (Å²) in [5, 5.41) is 10.9. The molecule has 6 nitrogen and oxygen atoms in total. The van der Waals surface area contributed by atoms with Crippen LogP contribution in [0.5, 0.6) is 0 Å². The fourth-order valence-corrected chi connectivity index (χ4v) is 5.12. The molecule has 1 N–H and O–H groups in total. The summed E-state index contributed by atoms with van der Waals surface area (Å²) in [6.07, 6.45) is 0.590. The van der Waals surface area contributed by atoms with Crippen molar-refractivity contribution in [1.82, 2.24) is 9.29 Å². The van der Waals surface area contributed by atoms with E-state index in [2.05, 4.69) is 4.98 Å². The van der Waals surface area contributed by atoms with Crippen LogP contribution in [0.3, 0.4) is 0 Å². The first-order valence-corrected chi connectivity index (χ1v) is 9.64. The molecule has 1 aromatic heterocycles. The molecule has 1 aliphatic rings. The monoisotopic (exact) mass is 370 g/mol. The summed E-state index contributed by atoms with van der Waals surface area (Å²) < 4.78 is 39.5. The molecule has 0 unspecified atom stereocenters. The third-order valence-corrected chi connectivity index (χ3v) is 6.80. The molecule has 0 radical (unpaired) electrons. The fourth-order valence-electron chi connectivity index (χ4n) is 2.58. The maximum absolute atomic E-state index is 13.0. The van der Waals surface area contributed by atoms with Crippen molar-refractivity contribution in [1.29, 1.82) is 0 Å². The van der Waals surface area contributed by atoms with Gasteiger partial charge in [0.2, 0.25) is 0 Å². The summed E-state index contributed by atoms with van der Waals surface area (Å²) in [5.74, 6) is -1.76. The number of hydrogen-bond acceptors (Lipinski definition) is 5. The molecule has 0 saturated carbocycles. The first-order chi connectivity index (χ1) is 11.4. The van der Waals surface area contributed by atoms with E-state index in [-0.39, 0.29) is 23.9 Å². The van der Waals surface area contributed by atoms with Crippen LogP contribution in [0.25, 0.3) is 10.6 Å². The van der Waals surface area contributed by atoms with Crippen LogP contribution in [-0.2, 0) is 14.8 Å². The fraction of sp³-hybridized carbons (Fsp3) is 0.333. The number of benzene rings is 1. The quantitative estimate of drug-likeness (QED) is 0.893. The molecule has 2 heterocycles. The number of carbonyl (C=O) groups is 1. The number of carboxylic acids is 1. The molecule has 1 aromatic carbocycles. The van der Waals surface area contributed by atoms with Gasteiger partial charge in [0, 0.05) is 24.0 Å². The van der Waals surface area contributed by atoms with Gasteiger partial charge in [-0.25, -0.2) is 17.8 Å². The van der Waals surface area contributed by atoms with Crippen molar-refractivity contribution >= 4 is 27.3 Å². The maximum Gasteiger partial charge on any atom is 0.306 e. The van der Waals surface area contributed by atoms with Crippen LogP contribution in [0.15, 0.2) is 34.7 Å². The minimum Gasteiger partial charge on any atom is -0.481 e. The van der Waals surface area contributed by atoms with Crippen molar-refractivity contribution in [2.24, 2.45) is 5.92 Å². The second-order valence-corrected chi connectivity index (χ2v) is 8.26. The average molecular weight is 370 g/mol. The average Bonchev–Trinajstić information content (AvgIpc) is 3.06. The molecule has 1 aliphatic heterocycles. The zero-order valence-electron chi connectivity index (χ0n) is 12.6. The number of nitrogens with zero attached hydrogens (tertiary/aromatic N) is 2. The summed E-state index contributed by atoms with van der Waals surface area (Å²) in [6, 6.07) is 5.68. The molecule has 1 saturated heterocycles. The summed E-state index contributed by atoms with van der Waals surface area (Å²) in [7, 11) is -3.74. The summed E-state index contributed by atoms with van der Waals surface area (Å²) >= 11 is 1.17. The van der Waals surface area contributed by atoms with Gasteiger partial charge in [0.25, 0.3) is 10.0 Å². The van der Waals surface area contributed by atoms with Crippen LogP contribution < -0.4 is 0 Å². The third kappa shape index (κ3) is 3.33. The van der Waals surface area contributed by atoms with Crippen molar-refractivity contribution < 1.29 is 22.7 Å². The molecule has 0 aliphatic carbocycles. The Bertz CT molecular complexity index is 841. The van der Waals surface area contributed by atoms with Gasteiger partial charge in [0.1, 0.15) is 10.8 Å². The smallest absolute Gasteiger partial charge is 0.306 e. The van der Waals surface area contributed by atoms with E-state index >= 15 is 0 Å². The van der Waals surface area contributed by atoms with Crippen molar-refractivity contribution in [3.8, 4) is 10.6 Å². The highest BCUT2D eigenvalue weighted by atomic mass is 32.2. The van der Waals surface area contributed by atoms with Gasteiger partial charge in [-0.3, -0.25) is 4.79 Å². The van der Waals surface area contributed by atoms with Gasteiger partial charge < -0.3 is 5.11 Å². The summed E-state index contributed by atoms with van der Waals surface area (Å²) in [6.45, 7) is 0.339. The third-order valence-electron chi connectivity index (χ3n) is 3.98. The van der Waals surface area contributed by atoms with Gasteiger partial charge in [0.05, 0.1) is 5.92 Å². The topological polar surface area (TPSA) is 87.6 Å². The molecule has 0 bridgehead atoms. The highest BCUT2D eigenvalue weighted by Crippen LogP contribution is 2.29. The van der Waals surface area contributed by atoms with E-state index in [0.29, 0.717) is 23.4 Å². The zero-order valence-corrected chi connectivity index (χ0v) is 14.2. The molecular formula is C15H15FN2O4S2. The first-order valence-electron chi connectivity index (χ1n) is 7.32. The lowest BCUT2D eigenvalue weighted by Gasteiger charge is -2.28. The molecule has 24 heavy (non-hydrogen) atoms. The summed E-state index contributed by atoms with van der Waals surface area (Å²) in [5.41, 5.74) is 0.646. The number of rotatable bonds is 4. The number of carboxylic acid groups (broad SMARTS) is 1. The number of sulfonamides is 1. The van der Waals surface area contributed by atoms with E-state index in [0.717, 1.165) is 0 Å². The van der Waals surface area contributed by atoms with Gasteiger partial charge in [-0.1, -0.05) is 0 Å². The van der Waals surface area contributed by atoms with Crippen molar-refractivity contribution in [2.75, 3.05) is 13.1 Å². The Labute approximate surface area is 142 Å². The summed E-state index contributed by atoms with van der Waals surface area (Å²) in [4.78, 5) is 15.1. The maximum atomic E-state index is 13.0. The Hall–Kier alpha value is -1.84. The van der Waals surface area contributed by atoms with Gasteiger partial charge in [-0.15, -0.1) is 11.3 Å². The number of hydrogen-bond donors (Lipinski definition) is 1. The van der Waals surface area contributed by atoms with E-state index in [9.17, 15) is 17.6 Å². The lowest BCUT2D eigenvalue weighted by molar-refractivity contribution is -0.142. The van der Waals surface area contributed by atoms with Crippen molar-refractivity contribution in [3.63, 3.8) is 0 Å². The zero-order chi connectivity index (χ0) is 17.3. The van der Waals surface area contributed by atoms with E-state index < -0.39 is 21.9 Å². The van der Waals surface area contributed by atoms with Crippen molar-refractivity contribution in [2.45, 2.75) is 17.9 Å². The van der Waals surface area contributed by atoms with Gasteiger partial charge >= 0.3 is 5.97 Å². The van der Waals surface area contributed by atoms with Crippen LogP contribution in [0, 0.1) is 11.7 Å². The van der Waals surface area contributed by atoms with Gasteiger partial charge in [-0.2, -0.15) is 4.31 Å². The van der Waals surface area contributed by atoms with Crippen LogP contribution in [0.4, 0.5) is 4.39 Å². The second-order valence-electron chi connectivity index (χ2n) is 5.51. The van der Waals surface area contributed by atoms with E-state index in [4.69, 9.17) is 5.11 Å². The first kappa shape index (κ1) is 17.0. The predicted molar refractivity (Wildman–Crippen MR) is 86.6 cm³/mol. The van der Waals surface area contributed by atoms with Crippen LogP contribution in [0.2, 0.25) is 0 Å². The van der Waals surface area contributed by atoms with Gasteiger partial charge in [-0.05, 0) is 37.1 Å². The van der Waals surface area contributed by atoms with E-state index in [1.165, 1.54) is 33.2 Å². The molecule has 3 rings (SSSR count). The molecule has 2 aromatic rings. The number of halogens is 1. The number of thiazole rings is 1. The van der Waals surface area contributed by atoms with Crippen LogP contribution >= 0.6 is 11.3 Å². The van der Waals surface area contributed by atoms with Crippen LogP contribution in [0.1, 0.15) is 12.8 Å². The lowest BCUT2D eigenvalue weighted by atomic mass is 9.99. The SMILES string of the molecule is O=C(O)C1CCN(S(=O)(=O)c2csc(-c3ccc(F)cc3)n2)CC1.